The molecule has 5 nitrogen and oxygen atoms in total. The second kappa shape index (κ2) is 4.00. The van der Waals surface area contributed by atoms with E-state index in [0.717, 1.165) is 11.5 Å². The highest BCUT2D eigenvalue weighted by molar-refractivity contribution is 5.60. The average Bonchev–Trinajstić information content (AvgIpc) is 2.63. The number of nitrogens with one attached hydrogen (secondary N) is 1. The van der Waals surface area contributed by atoms with Gasteiger partial charge in [-0.15, -0.1) is 0 Å². The Morgan fingerprint density at radius 3 is 3.07 bits per heavy atom. The minimum atomic E-state index is 0.530. The molecular formula is C10H12N4O. The van der Waals surface area contributed by atoms with Crippen LogP contribution in [0.3, 0.4) is 0 Å². The van der Waals surface area contributed by atoms with Crippen molar-refractivity contribution in [2.75, 3.05) is 11.1 Å². The Labute approximate surface area is 87.3 Å². The molecule has 0 aliphatic carbocycles. The second-order valence-corrected chi connectivity index (χ2v) is 3.23. The highest BCUT2D eigenvalue weighted by atomic mass is 16.5. The van der Waals surface area contributed by atoms with Crippen LogP contribution >= 0.6 is 0 Å². The first kappa shape index (κ1) is 9.51. The molecule has 2 aromatic rings. The lowest BCUT2D eigenvalue weighted by molar-refractivity contribution is 0.384. The fourth-order valence-electron chi connectivity index (χ4n) is 1.24. The van der Waals surface area contributed by atoms with Crippen LogP contribution in [0.15, 0.2) is 28.9 Å². The molecule has 2 heterocycles. The summed E-state index contributed by atoms with van der Waals surface area (Å²) in [6.45, 7) is 2.41. The highest BCUT2D eigenvalue weighted by Gasteiger charge is 2.02. The summed E-state index contributed by atoms with van der Waals surface area (Å²) in [4.78, 5) is 4.10. The van der Waals surface area contributed by atoms with Gasteiger partial charge in [-0.05, 0) is 19.1 Å². The Kier molecular flexibility index (Phi) is 2.53. The van der Waals surface area contributed by atoms with E-state index in [-0.39, 0.29) is 0 Å². The number of aromatic nitrogens is 2. The second-order valence-electron chi connectivity index (χ2n) is 3.23. The largest absolute Gasteiger partial charge is 0.396 e. The number of rotatable bonds is 3. The van der Waals surface area contributed by atoms with E-state index in [4.69, 9.17) is 10.3 Å². The minimum absolute atomic E-state index is 0.530. The summed E-state index contributed by atoms with van der Waals surface area (Å²) in [5, 5.41) is 6.86. The molecule has 0 saturated heterocycles. The number of nitrogens with two attached hydrogens (primary N) is 1. The first-order chi connectivity index (χ1) is 7.25. The predicted molar refractivity (Wildman–Crippen MR) is 57.2 cm³/mol. The third kappa shape index (κ3) is 2.25. The minimum Gasteiger partial charge on any atom is -0.396 e. The van der Waals surface area contributed by atoms with Crippen LogP contribution in [0.1, 0.15) is 11.5 Å². The van der Waals surface area contributed by atoms with Gasteiger partial charge >= 0.3 is 0 Å². The molecule has 78 valence electrons. The van der Waals surface area contributed by atoms with Gasteiger partial charge in [0.05, 0.1) is 17.9 Å². The highest BCUT2D eigenvalue weighted by Crippen LogP contribution is 2.14. The van der Waals surface area contributed by atoms with Gasteiger partial charge in [0.2, 0.25) is 0 Å². The van der Waals surface area contributed by atoms with Crippen LogP contribution in [0, 0.1) is 6.92 Å². The summed E-state index contributed by atoms with van der Waals surface area (Å²) < 4.78 is 5.04. The van der Waals surface area contributed by atoms with Gasteiger partial charge in [0, 0.05) is 12.3 Å². The van der Waals surface area contributed by atoms with Gasteiger partial charge < -0.3 is 15.6 Å². The van der Waals surface area contributed by atoms with Crippen molar-refractivity contribution in [3.05, 3.63) is 35.9 Å². The van der Waals surface area contributed by atoms with Crippen LogP contribution in [0.4, 0.5) is 11.5 Å². The fourth-order valence-corrected chi connectivity index (χ4v) is 1.24. The number of nitrogens with zero attached hydrogens (tertiary/aromatic N) is 2. The van der Waals surface area contributed by atoms with Crippen molar-refractivity contribution in [1.29, 1.82) is 0 Å². The first-order valence-electron chi connectivity index (χ1n) is 4.62. The lowest BCUT2D eigenvalue weighted by atomic mass is 10.3. The summed E-state index contributed by atoms with van der Waals surface area (Å²) in [6, 6.07) is 5.45. The summed E-state index contributed by atoms with van der Waals surface area (Å²) in [6.07, 6.45) is 1.68. The van der Waals surface area contributed by atoms with Gasteiger partial charge in [-0.1, -0.05) is 5.16 Å². The molecule has 0 saturated carbocycles. The molecule has 0 aliphatic heterocycles. The Balaban J connectivity index is 2.02. The molecule has 3 N–H and O–H groups in total. The smallest absolute Gasteiger partial charge is 0.156 e. The number of pyridine rings is 1. The van der Waals surface area contributed by atoms with Crippen molar-refractivity contribution in [2.24, 2.45) is 0 Å². The molecule has 0 aromatic carbocycles. The molecule has 0 atom stereocenters. The predicted octanol–water partition coefficient (Wildman–Crippen LogP) is 1.57. The molecule has 2 rings (SSSR count). The molecule has 0 fully saturated rings. The van der Waals surface area contributed by atoms with Crippen molar-refractivity contribution < 1.29 is 4.52 Å². The summed E-state index contributed by atoms with van der Waals surface area (Å²) >= 11 is 0. The van der Waals surface area contributed by atoms with Crippen LogP contribution in [0.25, 0.3) is 0 Å². The Hall–Kier alpha value is -2.04. The number of hydrogen-bond donors (Lipinski definition) is 2. The van der Waals surface area contributed by atoms with Gasteiger partial charge in [0.15, 0.2) is 5.76 Å². The fraction of sp³-hybridized carbons (Fsp3) is 0.200. The number of aryl methyl sites for hydroxylation is 1. The quantitative estimate of drug-likeness (QED) is 0.793. The van der Waals surface area contributed by atoms with Gasteiger partial charge in [-0.2, -0.15) is 0 Å². The van der Waals surface area contributed by atoms with E-state index in [1.54, 1.807) is 18.3 Å². The molecule has 15 heavy (non-hydrogen) atoms. The van der Waals surface area contributed by atoms with Gasteiger partial charge in [0.1, 0.15) is 5.82 Å². The monoisotopic (exact) mass is 204 g/mol. The van der Waals surface area contributed by atoms with Crippen LogP contribution in [0.5, 0.6) is 0 Å². The van der Waals surface area contributed by atoms with Gasteiger partial charge in [-0.3, -0.25) is 0 Å². The standard InChI is InChI=1S/C10H12N4O/c1-7-5-8(15-14-7)6-13-10-9(11)3-2-4-12-10/h2-5H,6,11H2,1H3,(H,12,13). The first-order valence-corrected chi connectivity index (χ1v) is 4.62. The molecular weight excluding hydrogens is 192 g/mol. The zero-order valence-corrected chi connectivity index (χ0v) is 8.40. The van der Waals surface area contributed by atoms with E-state index >= 15 is 0 Å². The third-order valence-electron chi connectivity index (χ3n) is 1.95. The molecule has 0 bridgehead atoms. The maximum absolute atomic E-state index is 5.72. The summed E-state index contributed by atoms with van der Waals surface area (Å²) in [7, 11) is 0. The van der Waals surface area contributed by atoms with Crippen LogP contribution in [0.2, 0.25) is 0 Å². The maximum atomic E-state index is 5.72. The van der Waals surface area contributed by atoms with E-state index in [1.807, 2.05) is 13.0 Å². The van der Waals surface area contributed by atoms with Gasteiger partial charge in [-0.25, -0.2) is 4.98 Å². The molecule has 0 unspecified atom stereocenters. The van der Waals surface area contributed by atoms with E-state index in [9.17, 15) is 0 Å². The van der Waals surface area contributed by atoms with E-state index in [0.29, 0.717) is 18.1 Å². The van der Waals surface area contributed by atoms with Gasteiger partial charge in [0.25, 0.3) is 0 Å². The normalized spacial score (nSPS) is 10.2. The summed E-state index contributed by atoms with van der Waals surface area (Å²) in [5.74, 6) is 1.42. The summed E-state index contributed by atoms with van der Waals surface area (Å²) in [5.41, 5.74) is 7.20. The molecule has 5 heteroatoms. The maximum Gasteiger partial charge on any atom is 0.156 e. The zero-order chi connectivity index (χ0) is 10.7. The Morgan fingerprint density at radius 2 is 2.40 bits per heavy atom. The molecule has 0 aliphatic rings. The molecule has 0 amide bonds. The lowest BCUT2D eigenvalue weighted by Gasteiger charge is -2.04. The van der Waals surface area contributed by atoms with Crippen LogP contribution < -0.4 is 11.1 Å². The van der Waals surface area contributed by atoms with Crippen molar-refractivity contribution >= 4 is 11.5 Å². The molecule has 0 radical (unpaired) electrons. The molecule has 0 spiro atoms. The van der Waals surface area contributed by atoms with Crippen LogP contribution in [-0.2, 0) is 6.54 Å². The van der Waals surface area contributed by atoms with E-state index < -0.39 is 0 Å². The Bertz CT molecular complexity index is 452. The zero-order valence-electron chi connectivity index (χ0n) is 8.40. The Morgan fingerprint density at radius 1 is 1.53 bits per heavy atom. The van der Waals surface area contributed by atoms with Crippen molar-refractivity contribution in [1.82, 2.24) is 10.1 Å². The topological polar surface area (TPSA) is 77.0 Å². The average molecular weight is 204 g/mol. The molecule has 2 aromatic heterocycles. The number of anilines is 2. The van der Waals surface area contributed by atoms with Crippen molar-refractivity contribution in [2.45, 2.75) is 13.5 Å². The number of hydrogen-bond acceptors (Lipinski definition) is 5. The van der Waals surface area contributed by atoms with Crippen molar-refractivity contribution in [3.63, 3.8) is 0 Å². The van der Waals surface area contributed by atoms with Crippen LogP contribution in [-0.4, -0.2) is 10.1 Å². The van der Waals surface area contributed by atoms with Crippen molar-refractivity contribution in [3.8, 4) is 0 Å². The SMILES string of the molecule is Cc1cc(CNc2ncccc2N)on1. The van der Waals surface area contributed by atoms with E-state index in [1.165, 1.54) is 0 Å². The lowest BCUT2D eigenvalue weighted by Crippen LogP contribution is -2.03. The third-order valence-corrected chi connectivity index (χ3v) is 1.95. The number of nitrogen functional groups attached to an aromatic ring is 1. The van der Waals surface area contributed by atoms with E-state index in [2.05, 4.69) is 15.5 Å².